The SMILES string of the molecule is CCC(C)(P)C(=O)c1c(OC)ccc(OC)c1OC. The Bertz CT molecular complexity index is 469. The van der Waals surface area contributed by atoms with E-state index in [2.05, 4.69) is 9.24 Å². The first-order valence-corrected chi connectivity index (χ1v) is 6.63. The first-order valence-electron chi connectivity index (χ1n) is 6.05. The summed E-state index contributed by atoms with van der Waals surface area (Å²) in [5, 5.41) is -0.563. The van der Waals surface area contributed by atoms with Gasteiger partial charge in [0, 0.05) is 5.16 Å². The van der Waals surface area contributed by atoms with Gasteiger partial charge in [0.1, 0.15) is 11.3 Å². The zero-order valence-electron chi connectivity index (χ0n) is 12.1. The zero-order chi connectivity index (χ0) is 14.6. The van der Waals surface area contributed by atoms with Crippen LogP contribution >= 0.6 is 9.24 Å². The predicted molar refractivity (Wildman–Crippen MR) is 78.8 cm³/mol. The molecule has 0 saturated carbocycles. The van der Waals surface area contributed by atoms with Crippen molar-refractivity contribution >= 4 is 15.0 Å². The summed E-state index contributed by atoms with van der Waals surface area (Å²) >= 11 is 0. The Balaban J connectivity index is 3.50. The normalized spacial score (nSPS) is 13.6. The molecule has 4 nitrogen and oxygen atoms in total. The van der Waals surface area contributed by atoms with Crippen LogP contribution in [-0.2, 0) is 0 Å². The van der Waals surface area contributed by atoms with E-state index in [0.29, 0.717) is 29.2 Å². The van der Waals surface area contributed by atoms with Crippen LogP contribution in [0.1, 0.15) is 30.6 Å². The molecule has 0 bridgehead atoms. The van der Waals surface area contributed by atoms with Crippen molar-refractivity contribution in [1.82, 2.24) is 0 Å². The monoisotopic (exact) mass is 284 g/mol. The highest BCUT2D eigenvalue weighted by atomic mass is 31.0. The maximum Gasteiger partial charge on any atom is 0.180 e. The van der Waals surface area contributed by atoms with Gasteiger partial charge in [-0.3, -0.25) is 4.79 Å². The maximum atomic E-state index is 12.7. The van der Waals surface area contributed by atoms with E-state index in [1.165, 1.54) is 21.3 Å². The molecule has 0 saturated heterocycles. The average Bonchev–Trinajstić information content (AvgIpc) is 2.44. The van der Waals surface area contributed by atoms with Crippen molar-refractivity contribution in [3.8, 4) is 17.2 Å². The van der Waals surface area contributed by atoms with Crippen molar-refractivity contribution in [1.29, 1.82) is 0 Å². The molecule has 0 fully saturated rings. The fraction of sp³-hybridized carbons (Fsp3) is 0.500. The van der Waals surface area contributed by atoms with Crippen molar-refractivity contribution in [2.45, 2.75) is 25.4 Å². The fourth-order valence-corrected chi connectivity index (χ4v) is 1.88. The van der Waals surface area contributed by atoms with Gasteiger partial charge in [0.15, 0.2) is 17.3 Å². The molecule has 19 heavy (non-hydrogen) atoms. The van der Waals surface area contributed by atoms with Crippen molar-refractivity contribution < 1.29 is 19.0 Å². The van der Waals surface area contributed by atoms with Crippen molar-refractivity contribution in [2.24, 2.45) is 0 Å². The van der Waals surface area contributed by atoms with Crippen LogP contribution in [0.2, 0.25) is 0 Å². The Kier molecular flexibility index (Phi) is 5.19. The molecule has 0 aliphatic carbocycles. The first kappa shape index (κ1) is 15.8. The molecule has 1 rings (SSSR count). The number of carbonyl (C=O) groups excluding carboxylic acids is 1. The first-order chi connectivity index (χ1) is 8.92. The van der Waals surface area contributed by atoms with E-state index >= 15 is 0 Å². The summed E-state index contributed by atoms with van der Waals surface area (Å²) in [6, 6.07) is 3.44. The number of Topliss-reactive ketones (excluding diaryl/α,β-unsaturated/α-hetero) is 1. The third kappa shape index (κ3) is 3.01. The van der Waals surface area contributed by atoms with Crippen LogP contribution in [0.4, 0.5) is 0 Å². The third-order valence-corrected chi connectivity index (χ3v) is 3.88. The lowest BCUT2D eigenvalue weighted by Crippen LogP contribution is -2.28. The van der Waals surface area contributed by atoms with E-state index in [4.69, 9.17) is 14.2 Å². The minimum Gasteiger partial charge on any atom is -0.496 e. The smallest absolute Gasteiger partial charge is 0.180 e. The van der Waals surface area contributed by atoms with E-state index in [0.717, 1.165) is 0 Å². The zero-order valence-corrected chi connectivity index (χ0v) is 13.2. The van der Waals surface area contributed by atoms with E-state index in [1.54, 1.807) is 12.1 Å². The number of rotatable bonds is 6. The molecule has 0 heterocycles. The van der Waals surface area contributed by atoms with Gasteiger partial charge in [-0.25, -0.2) is 0 Å². The van der Waals surface area contributed by atoms with Crippen LogP contribution in [0.25, 0.3) is 0 Å². The van der Waals surface area contributed by atoms with E-state index < -0.39 is 5.16 Å². The van der Waals surface area contributed by atoms with Crippen molar-refractivity contribution in [3.05, 3.63) is 17.7 Å². The van der Waals surface area contributed by atoms with Crippen LogP contribution in [-0.4, -0.2) is 32.3 Å². The van der Waals surface area contributed by atoms with E-state index in [9.17, 15) is 4.79 Å². The lowest BCUT2D eigenvalue weighted by molar-refractivity contribution is 0.0940. The summed E-state index contributed by atoms with van der Waals surface area (Å²) in [6.45, 7) is 3.84. The maximum absolute atomic E-state index is 12.7. The molecule has 0 N–H and O–H groups in total. The minimum absolute atomic E-state index is 0.0485. The number of methoxy groups -OCH3 is 3. The Labute approximate surface area is 116 Å². The molecular weight excluding hydrogens is 263 g/mol. The van der Waals surface area contributed by atoms with Crippen LogP contribution in [0.15, 0.2) is 12.1 Å². The number of ether oxygens (including phenoxy) is 3. The van der Waals surface area contributed by atoms with Gasteiger partial charge < -0.3 is 14.2 Å². The standard InChI is InChI=1S/C14H21O4P/c1-6-14(2,19)13(15)11-9(16-3)7-8-10(17-4)12(11)18-5/h7-8H,6,19H2,1-5H3. The quantitative estimate of drug-likeness (QED) is 0.595. The molecule has 2 unspecified atom stereocenters. The van der Waals surface area contributed by atoms with Gasteiger partial charge in [-0.2, -0.15) is 0 Å². The Hall–Kier alpha value is -1.28. The summed E-state index contributed by atoms with van der Waals surface area (Å²) in [5.74, 6) is 1.37. The Morgan fingerprint density at radius 1 is 1.16 bits per heavy atom. The van der Waals surface area contributed by atoms with Gasteiger partial charge in [-0.1, -0.05) is 6.92 Å². The van der Waals surface area contributed by atoms with Crippen LogP contribution in [0.5, 0.6) is 17.2 Å². The van der Waals surface area contributed by atoms with Crippen LogP contribution in [0.3, 0.4) is 0 Å². The third-order valence-electron chi connectivity index (χ3n) is 3.21. The lowest BCUT2D eigenvalue weighted by Gasteiger charge is -2.24. The topological polar surface area (TPSA) is 44.8 Å². The molecule has 0 aliphatic heterocycles. The lowest BCUT2D eigenvalue weighted by atomic mass is 9.94. The summed E-state index contributed by atoms with van der Waals surface area (Å²) in [5.41, 5.74) is 0.420. The van der Waals surface area contributed by atoms with Gasteiger partial charge in [-0.05, 0) is 25.5 Å². The summed E-state index contributed by atoms with van der Waals surface area (Å²) in [4.78, 5) is 12.7. The average molecular weight is 284 g/mol. The summed E-state index contributed by atoms with van der Waals surface area (Å²) in [6.07, 6.45) is 0.694. The molecule has 0 aliphatic rings. The van der Waals surface area contributed by atoms with Gasteiger partial charge >= 0.3 is 0 Å². The minimum atomic E-state index is -0.563. The molecular formula is C14H21O4P. The molecule has 5 heteroatoms. The fourth-order valence-electron chi connectivity index (χ4n) is 1.74. The second kappa shape index (κ2) is 6.25. The van der Waals surface area contributed by atoms with E-state index in [1.807, 2.05) is 13.8 Å². The van der Waals surface area contributed by atoms with Gasteiger partial charge in [-0.15, -0.1) is 9.24 Å². The van der Waals surface area contributed by atoms with Gasteiger partial charge in [0.05, 0.1) is 21.3 Å². The molecule has 0 aromatic heterocycles. The molecule has 1 aromatic rings. The Morgan fingerprint density at radius 3 is 2.11 bits per heavy atom. The van der Waals surface area contributed by atoms with Crippen molar-refractivity contribution in [3.63, 3.8) is 0 Å². The molecule has 0 spiro atoms. The highest BCUT2D eigenvalue weighted by Gasteiger charge is 2.33. The summed E-state index contributed by atoms with van der Waals surface area (Å²) < 4.78 is 15.9. The molecule has 0 radical (unpaired) electrons. The Morgan fingerprint density at radius 2 is 1.68 bits per heavy atom. The number of hydrogen-bond acceptors (Lipinski definition) is 4. The predicted octanol–water partition coefficient (Wildman–Crippen LogP) is 2.94. The molecule has 1 aromatic carbocycles. The van der Waals surface area contributed by atoms with Crippen molar-refractivity contribution in [2.75, 3.05) is 21.3 Å². The van der Waals surface area contributed by atoms with Gasteiger partial charge in [0.2, 0.25) is 0 Å². The second-order valence-corrected chi connectivity index (χ2v) is 5.75. The number of carbonyl (C=O) groups is 1. The number of benzene rings is 1. The summed E-state index contributed by atoms with van der Waals surface area (Å²) in [7, 11) is 7.18. The van der Waals surface area contributed by atoms with E-state index in [-0.39, 0.29) is 5.78 Å². The molecule has 0 amide bonds. The second-order valence-electron chi connectivity index (χ2n) is 4.48. The van der Waals surface area contributed by atoms with Crippen LogP contribution < -0.4 is 14.2 Å². The number of ketones is 1. The van der Waals surface area contributed by atoms with Gasteiger partial charge in [0.25, 0.3) is 0 Å². The molecule has 106 valence electrons. The largest absolute Gasteiger partial charge is 0.496 e. The highest BCUT2D eigenvalue weighted by molar-refractivity contribution is 7.21. The highest BCUT2D eigenvalue weighted by Crippen LogP contribution is 2.41. The molecule has 2 atom stereocenters. The number of hydrogen-bond donors (Lipinski definition) is 0. The van der Waals surface area contributed by atoms with Crippen LogP contribution in [0, 0.1) is 0 Å².